The van der Waals surface area contributed by atoms with E-state index in [1.807, 2.05) is 54.7 Å². The molecule has 0 aliphatic carbocycles. The fourth-order valence-electron chi connectivity index (χ4n) is 3.08. The second-order valence-electron chi connectivity index (χ2n) is 6.37. The van der Waals surface area contributed by atoms with E-state index in [1.165, 1.54) is 0 Å². The number of aliphatic carboxylic acids is 1. The SMILES string of the molecule is CCOC(Cc1ccc(OCCn2ccc3cc(C#N)ccc32)cc1)C(=O)O. The average molecular weight is 378 g/mol. The molecule has 0 aliphatic rings. The number of nitrogens with zero attached hydrogens (tertiary/aromatic N) is 2. The molecule has 0 amide bonds. The number of fused-ring (bicyclic) bond motifs is 1. The van der Waals surface area contributed by atoms with E-state index in [9.17, 15) is 4.79 Å². The molecule has 0 fully saturated rings. The highest BCUT2D eigenvalue weighted by molar-refractivity contribution is 5.81. The van der Waals surface area contributed by atoms with E-state index in [2.05, 4.69) is 10.6 Å². The number of carboxylic acids is 1. The maximum atomic E-state index is 11.2. The average Bonchev–Trinajstić information content (AvgIpc) is 3.11. The van der Waals surface area contributed by atoms with Gasteiger partial charge in [-0.15, -0.1) is 0 Å². The van der Waals surface area contributed by atoms with Crippen LogP contribution in [0.3, 0.4) is 0 Å². The molecule has 1 N–H and O–H groups in total. The molecule has 3 rings (SSSR count). The van der Waals surface area contributed by atoms with Crippen molar-refractivity contribution >= 4 is 16.9 Å². The summed E-state index contributed by atoms with van der Waals surface area (Å²) in [4.78, 5) is 11.2. The molecule has 1 heterocycles. The van der Waals surface area contributed by atoms with Crippen LogP contribution in [0.25, 0.3) is 10.9 Å². The van der Waals surface area contributed by atoms with Gasteiger partial charge >= 0.3 is 5.97 Å². The van der Waals surface area contributed by atoms with Crippen molar-refractivity contribution in [1.82, 2.24) is 4.57 Å². The molecule has 6 heteroatoms. The van der Waals surface area contributed by atoms with Crippen LogP contribution in [-0.2, 0) is 22.5 Å². The van der Waals surface area contributed by atoms with E-state index in [4.69, 9.17) is 19.8 Å². The predicted octanol–water partition coefficient (Wildman–Crippen LogP) is 3.62. The molecule has 3 aromatic rings. The van der Waals surface area contributed by atoms with Crippen molar-refractivity contribution in [2.45, 2.75) is 26.0 Å². The molecule has 0 saturated heterocycles. The van der Waals surface area contributed by atoms with Crippen LogP contribution in [0.15, 0.2) is 54.7 Å². The Morgan fingerprint density at radius 1 is 1.21 bits per heavy atom. The number of benzene rings is 2. The van der Waals surface area contributed by atoms with Crippen LogP contribution in [0.1, 0.15) is 18.1 Å². The molecule has 2 aromatic carbocycles. The Kier molecular flexibility index (Phi) is 6.30. The second-order valence-corrected chi connectivity index (χ2v) is 6.37. The Hall–Kier alpha value is -3.30. The van der Waals surface area contributed by atoms with Gasteiger partial charge in [0.2, 0.25) is 0 Å². The second kappa shape index (κ2) is 9.07. The minimum Gasteiger partial charge on any atom is -0.492 e. The summed E-state index contributed by atoms with van der Waals surface area (Å²) < 4.78 is 13.1. The standard InChI is InChI=1S/C22H22N2O4/c1-2-27-21(22(25)26)14-16-3-6-19(7-4-16)28-12-11-24-10-9-18-13-17(15-23)5-8-20(18)24/h3-10,13,21H,2,11-12,14H2,1H3,(H,25,26). The van der Waals surface area contributed by atoms with Gasteiger partial charge in [0.15, 0.2) is 6.10 Å². The summed E-state index contributed by atoms with van der Waals surface area (Å²) in [5.74, 6) is -0.224. The van der Waals surface area contributed by atoms with Crippen molar-refractivity contribution < 1.29 is 19.4 Å². The van der Waals surface area contributed by atoms with Gasteiger partial charge in [-0.25, -0.2) is 4.79 Å². The summed E-state index contributed by atoms with van der Waals surface area (Å²) in [6.07, 6.45) is 1.47. The Morgan fingerprint density at radius 3 is 2.68 bits per heavy atom. The lowest BCUT2D eigenvalue weighted by atomic mass is 10.1. The Morgan fingerprint density at radius 2 is 2.00 bits per heavy atom. The fraction of sp³-hybridized carbons (Fsp3) is 0.273. The highest BCUT2D eigenvalue weighted by Crippen LogP contribution is 2.18. The molecule has 28 heavy (non-hydrogen) atoms. The maximum absolute atomic E-state index is 11.2. The van der Waals surface area contributed by atoms with Crippen LogP contribution in [0.4, 0.5) is 0 Å². The zero-order chi connectivity index (χ0) is 19.9. The summed E-state index contributed by atoms with van der Waals surface area (Å²) in [5, 5.41) is 19.2. The first-order valence-corrected chi connectivity index (χ1v) is 9.16. The molecule has 1 unspecified atom stereocenters. The van der Waals surface area contributed by atoms with E-state index in [0.717, 1.165) is 22.2 Å². The third kappa shape index (κ3) is 4.70. The van der Waals surface area contributed by atoms with Crippen molar-refractivity contribution in [3.63, 3.8) is 0 Å². The molecular weight excluding hydrogens is 356 g/mol. The van der Waals surface area contributed by atoms with Gasteiger partial charge in [-0.1, -0.05) is 12.1 Å². The number of ether oxygens (including phenoxy) is 2. The smallest absolute Gasteiger partial charge is 0.333 e. The van der Waals surface area contributed by atoms with E-state index in [1.54, 1.807) is 6.92 Å². The van der Waals surface area contributed by atoms with E-state index < -0.39 is 12.1 Å². The summed E-state index contributed by atoms with van der Waals surface area (Å²) in [5.41, 5.74) is 2.60. The van der Waals surface area contributed by atoms with Gasteiger partial charge in [0, 0.05) is 30.1 Å². The molecule has 144 valence electrons. The number of carboxylic acid groups (broad SMARTS) is 1. The van der Waals surface area contributed by atoms with Crippen LogP contribution in [-0.4, -0.2) is 35.0 Å². The molecule has 0 bridgehead atoms. The molecule has 1 atom stereocenters. The number of nitriles is 1. The van der Waals surface area contributed by atoms with Gasteiger partial charge in [0.05, 0.1) is 18.2 Å². The van der Waals surface area contributed by atoms with Crippen molar-refractivity contribution in [2.75, 3.05) is 13.2 Å². The van der Waals surface area contributed by atoms with Crippen molar-refractivity contribution in [3.8, 4) is 11.8 Å². The third-order valence-corrected chi connectivity index (χ3v) is 4.49. The summed E-state index contributed by atoms with van der Waals surface area (Å²) in [7, 11) is 0. The predicted molar refractivity (Wildman–Crippen MR) is 105 cm³/mol. The number of aromatic nitrogens is 1. The quantitative estimate of drug-likeness (QED) is 0.615. The third-order valence-electron chi connectivity index (χ3n) is 4.49. The number of carbonyl (C=O) groups is 1. The topological polar surface area (TPSA) is 84.5 Å². The van der Waals surface area contributed by atoms with Gasteiger partial charge in [0.1, 0.15) is 12.4 Å². The van der Waals surface area contributed by atoms with Crippen LogP contribution >= 0.6 is 0 Å². The van der Waals surface area contributed by atoms with Gasteiger partial charge in [0.25, 0.3) is 0 Å². The largest absolute Gasteiger partial charge is 0.492 e. The lowest BCUT2D eigenvalue weighted by Crippen LogP contribution is -2.26. The summed E-state index contributed by atoms with van der Waals surface area (Å²) in [6, 6.07) is 17.2. The molecule has 0 radical (unpaired) electrons. The van der Waals surface area contributed by atoms with Gasteiger partial charge in [-0.3, -0.25) is 0 Å². The Bertz CT molecular complexity index is 986. The normalized spacial score (nSPS) is 11.9. The van der Waals surface area contributed by atoms with Gasteiger partial charge in [-0.05, 0) is 48.9 Å². The molecule has 6 nitrogen and oxygen atoms in total. The van der Waals surface area contributed by atoms with Crippen LogP contribution in [0.5, 0.6) is 5.75 Å². The van der Waals surface area contributed by atoms with Gasteiger partial charge in [-0.2, -0.15) is 5.26 Å². The van der Waals surface area contributed by atoms with Crippen molar-refractivity contribution in [2.24, 2.45) is 0 Å². The lowest BCUT2D eigenvalue weighted by molar-refractivity contribution is -0.149. The van der Waals surface area contributed by atoms with Gasteiger partial charge < -0.3 is 19.1 Å². The van der Waals surface area contributed by atoms with Crippen LogP contribution in [0.2, 0.25) is 0 Å². The molecular formula is C22H22N2O4. The monoisotopic (exact) mass is 378 g/mol. The highest BCUT2D eigenvalue weighted by atomic mass is 16.5. The fourth-order valence-corrected chi connectivity index (χ4v) is 3.08. The first kappa shape index (κ1) is 19.5. The maximum Gasteiger partial charge on any atom is 0.333 e. The summed E-state index contributed by atoms with van der Waals surface area (Å²) in [6.45, 7) is 3.33. The van der Waals surface area contributed by atoms with Crippen molar-refractivity contribution in [3.05, 3.63) is 65.9 Å². The highest BCUT2D eigenvalue weighted by Gasteiger charge is 2.17. The van der Waals surface area contributed by atoms with Crippen molar-refractivity contribution in [1.29, 1.82) is 5.26 Å². The van der Waals surface area contributed by atoms with E-state index in [0.29, 0.717) is 31.7 Å². The number of rotatable bonds is 9. The molecule has 0 saturated carbocycles. The van der Waals surface area contributed by atoms with E-state index >= 15 is 0 Å². The Labute approximate surface area is 163 Å². The zero-order valence-corrected chi connectivity index (χ0v) is 15.7. The molecule has 0 aliphatic heterocycles. The minimum atomic E-state index is -0.956. The lowest BCUT2D eigenvalue weighted by Gasteiger charge is -2.13. The zero-order valence-electron chi connectivity index (χ0n) is 15.7. The number of hydrogen-bond donors (Lipinski definition) is 1. The summed E-state index contributed by atoms with van der Waals surface area (Å²) >= 11 is 0. The molecule has 0 spiro atoms. The Balaban J connectivity index is 1.55. The number of hydrogen-bond acceptors (Lipinski definition) is 4. The van der Waals surface area contributed by atoms with Crippen LogP contribution < -0.4 is 4.74 Å². The first-order valence-electron chi connectivity index (χ1n) is 9.16. The van der Waals surface area contributed by atoms with Crippen LogP contribution in [0, 0.1) is 11.3 Å². The first-order chi connectivity index (χ1) is 13.6. The molecule has 1 aromatic heterocycles. The van der Waals surface area contributed by atoms with E-state index in [-0.39, 0.29) is 0 Å². The minimum absolute atomic E-state index is 0.323.